The quantitative estimate of drug-likeness (QED) is 0.644. The Kier molecular flexibility index (Phi) is 3.84. The summed E-state index contributed by atoms with van der Waals surface area (Å²) in [5.41, 5.74) is 0.237. The molecule has 1 aromatic carbocycles. The third kappa shape index (κ3) is 3.24. The van der Waals surface area contributed by atoms with Crippen molar-refractivity contribution in [3.8, 4) is 0 Å². The van der Waals surface area contributed by atoms with Gasteiger partial charge in [0.1, 0.15) is 0 Å². The van der Waals surface area contributed by atoms with Crippen LogP contribution < -0.4 is 0 Å². The number of aliphatic hydroxyl groups is 1. The van der Waals surface area contributed by atoms with Gasteiger partial charge in [0, 0.05) is 18.4 Å². The molecule has 0 aliphatic carbocycles. The van der Waals surface area contributed by atoms with Gasteiger partial charge in [0.05, 0.1) is 16.3 Å². The third-order valence-corrected chi connectivity index (χ3v) is 4.17. The van der Waals surface area contributed by atoms with E-state index in [1.807, 2.05) is 0 Å². The number of hydrogen-bond donors (Lipinski definition) is 1. The number of non-ortho nitro benzene ring substituents is 1. The highest BCUT2D eigenvalue weighted by Crippen LogP contribution is 2.23. The van der Waals surface area contributed by atoms with Gasteiger partial charge in [0.2, 0.25) is 0 Å². The molecule has 0 amide bonds. The molecule has 0 saturated heterocycles. The maximum atomic E-state index is 11.3. The largest absolute Gasteiger partial charge is 0.387 e. The SMILES string of the molecule is C[C@@H]([C@@H](O)c1ccc([N+](=O)[O-])cc1)S(C)(=O)=O. The number of aliphatic hydroxyl groups excluding tert-OH is 1. The van der Waals surface area contributed by atoms with Crippen LogP contribution in [0.5, 0.6) is 0 Å². The number of rotatable bonds is 4. The zero-order valence-electron chi connectivity index (χ0n) is 9.40. The fraction of sp³-hybridized carbons (Fsp3) is 0.400. The molecule has 1 N–H and O–H groups in total. The second kappa shape index (κ2) is 4.80. The molecule has 2 atom stereocenters. The van der Waals surface area contributed by atoms with E-state index in [0.29, 0.717) is 5.56 Å². The van der Waals surface area contributed by atoms with Crippen LogP contribution in [-0.2, 0) is 9.84 Å². The first-order chi connectivity index (χ1) is 7.73. The predicted octanol–water partition coefficient (Wildman–Crippen LogP) is 1.06. The molecule has 6 nitrogen and oxygen atoms in total. The van der Waals surface area contributed by atoms with Crippen LogP contribution in [0.4, 0.5) is 5.69 Å². The lowest BCUT2D eigenvalue weighted by atomic mass is 10.1. The molecule has 0 aromatic heterocycles. The molecule has 0 heterocycles. The van der Waals surface area contributed by atoms with Crippen LogP contribution in [0.3, 0.4) is 0 Å². The maximum absolute atomic E-state index is 11.3. The molecular formula is C10H13NO5S. The standard InChI is InChI=1S/C10H13NO5S/c1-7(17(2,15)16)10(12)8-3-5-9(6-4-8)11(13)14/h3-7,10,12H,1-2H3/t7-,10+/m0/s1. The first-order valence-corrected chi connectivity index (χ1v) is 6.80. The molecule has 1 aromatic rings. The molecule has 0 aliphatic heterocycles. The van der Waals surface area contributed by atoms with E-state index >= 15 is 0 Å². The summed E-state index contributed by atoms with van der Waals surface area (Å²) in [6.45, 7) is 1.39. The van der Waals surface area contributed by atoms with E-state index in [4.69, 9.17) is 0 Å². The summed E-state index contributed by atoms with van der Waals surface area (Å²) in [6, 6.07) is 5.16. The Hall–Kier alpha value is -1.47. The molecule has 1 rings (SSSR count). The van der Waals surface area contributed by atoms with Crippen LogP contribution in [-0.4, -0.2) is 30.0 Å². The molecule has 0 aliphatic rings. The second-order valence-corrected chi connectivity index (χ2v) is 6.23. The van der Waals surface area contributed by atoms with Crippen molar-refractivity contribution >= 4 is 15.5 Å². The van der Waals surface area contributed by atoms with E-state index in [2.05, 4.69) is 0 Å². The fourth-order valence-electron chi connectivity index (χ4n) is 1.30. The molecule has 7 heteroatoms. The number of hydrogen-bond acceptors (Lipinski definition) is 5. The van der Waals surface area contributed by atoms with Crippen molar-refractivity contribution < 1.29 is 18.4 Å². The Labute approximate surface area is 99.0 Å². The van der Waals surface area contributed by atoms with Crippen LogP contribution >= 0.6 is 0 Å². The Morgan fingerprint density at radius 2 is 1.76 bits per heavy atom. The average Bonchev–Trinajstić information content (AvgIpc) is 2.26. The molecule has 0 saturated carbocycles. The molecule has 0 spiro atoms. The van der Waals surface area contributed by atoms with Gasteiger partial charge >= 0.3 is 0 Å². The van der Waals surface area contributed by atoms with E-state index in [0.717, 1.165) is 6.26 Å². The molecule has 17 heavy (non-hydrogen) atoms. The summed E-state index contributed by atoms with van der Waals surface area (Å²) < 4.78 is 22.5. The van der Waals surface area contributed by atoms with Gasteiger partial charge in [-0.25, -0.2) is 8.42 Å². The molecule has 0 radical (unpaired) electrons. The molecule has 0 bridgehead atoms. The van der Waals surface area contributed by atoms with Crippen LogP contribution in [0.15, 0.2) is 24.3 Å². The minimum Gasteiger partial charge on any atom is -0.387 e. The molecule has 0 fully saturated rings. The normalized spacial score (nSPS) is 15.2. The number of nitro groups is 1. The van der Waals surface area contributed by atoms with Gasteiger partial charge in [-0.15, -0.1) is 0 Å². The lowest BCUT2D eigenvalue weighted by Crippen LogP contribution is -2.24. The third-order valence-electron chi connectivity index (χ3n) is 2.57. The van der Waals surface area contributed by atoms with E-state index in [9.17, 15) is 23.6 Å². The van der Waals surface area contributed by atoms with E-state index in [1.165, 1.54) is 31.2 Å². The smallest absolute Gasteiger partial charge is 0.269 e. The van der Waals surface area contributed by atoms with Gasteiger partial charge in [-0.3, -0.25) is 10.1 Å². The van der Waals surface area contributed by atoms with Crippen molar-refractivity contribution in [1.82, 2.24) is 0 Å². The van der Waals surface area contributed by atoms with Gasteiger partial charge in [-0.2, -0.15) is 0 Å². The van der Waals surface area contributed by atoms with Crippen LogP contribution in [0.1, 0.15) is 18.6 Å². The maximum Gasteiger partial charge on any atom is 0.269 e. The van der Waals surface area contributed by atoms with Crippen LogP contribution in [0.25, 0.3) is 0 Å². The minimum atomic E-state index is -3.36. The van der Waals surface area contributed by atoms with Crippen molar-refractivity contribution in [3.63, 3.8) is 0 Å². The Morgan fingerprint density at radius 1 is 1.29 bits per heavy atom. The first kappa shape index (κ1) is 13.6. The lowest BCUT2D eigenvalue weighted by molar-refractivity contribution is -0.384. The summed E-state index contributed by atoms with van der Waals surface area (Å²) in [5, 5.41) is 19.3. The number of nitro benzene ring substituents is 1. The Morgan fingerprint density at radius 3 is 2.12 bits per heavy atom. The summed E-state index contributed by atoms with van der Waals surface area (Å²) in [7, 11) is -3.36. The van der Waals surface area contributed by atoms with Crippen molar-refractivity contribution in [2.75, 3.05) is 6.26 Å². The highest BCUT2D eigenvalue weighted by atomic mass is 32.2. The first-order valence-electron chi connectivity index (χ1n) is 4.84. The van der Waals surface area contributed by atoms with Crippen molar-refractivity contribution in [3.05, 3.63) is 39.9 Å². The number of nitrogens with zero attached hydrogens (tertiary/aromatic N) is 1. The summed E-state index contributed by atoms with van der Waals surface area (Å²) >= 11 is 0. The van der Waals surface area contributed by atoms with Crippen LogP contribution in [0.2, 0.25) is 0 Å². The minimum absolute atomic E-state index is 0.104. The lowest BCUT2D eigenvalue weighted by Gasteiger charge is -2.17. The summed E-state index contributed by atoms with van der Waals surface area (Å²) in [6.07, 6.45) is -0.155. The van der Waals surface area contributed by atoms with Crippen molar-refractivity contribution in [1.29, 1.82) is 0 Å². The highest BCUT2D eigenvalue weighted by molar-refractivity contribution is 7.91. The van der Waals surface area contributed by atoms with E-state index in [-0.39, 0.29) is 5.69 Å². The van der Waals surface area contributed by atoms with Gasteiger partial charge in [-0.1, -0.05) is 0 Å². The van der Waals surface area contributed by atoms with E-state index in [1.54, 1.807) is 0 Å². The molecular weight excluding hydrogens is 246 g/mol. The zero-order chi connectivity index (χ0) is 13.2. The van der Waals surface area contributed by atoms with Gasteiger partial charge in [-0.05, 0) is 24.6 Å². The predicted molar refractivity (Wildman–Crippen MR) is 62.4 cm³/mol. The summed E-state index contributed by atoms with van der Waals surface area (Å²) in [4.78, 5) is 9.86. The number of benzene rings is 1. The van der Waals surface area contributed by atoms with Gasteiger partial charge in [0.15, 0.2) is 9.84 Å². The molecule has 0 unspecified atom stereocenters. The monoisotopic (exact) mass is 259 g/mol. The van der Waals surface area contributed by atoms with Crippen molar-refractivity contribution in [2.45, 2.75) is 18.3 Å². The average molecular weight is 259 g/mol. The van der Waals surface area contributed by atoms with Crippen molar-refractivity contribution in [2.24, 2.45) is 0 Å². The highest BCUT2D eigenvalue weighted by Gasteiger charge is 2.25. The zero-order valence-corrected chi connectivity index (χ0v) is 10.2. The van der Waals surface area contributed by atoms with Gasteiger partial charge < -0.3 is 5.11 Å². The number of sulfone groups is 1. The fourth-order valence-corrected chi connectivity index (χ4v) is 1.92. The molecule has 94 valence electrons. The van der Waals surface area contributed by atoms with Crippen LogP contribution in [0, 0.1) is 10.1 Å². The summed E-state index contributed by atoms with van der Waals surface area (Å²) in [5.74, 6) is 0. The topological polar surface area (TPSA) is 97.5 Å². The Balaban J connectivity index is 2.98. The Bertz CT molecular complexity index is 508. The van der Waals surface area contributed by atoms with Gasteiger partial charge in [0.25, 0.3) is 5.69 Å². The second-order valence-electron chi connectivity index (χ2n) is 3.83. The van der Waals surface area contributed by atoms with E-state index < -0.39 is 26.1 Å².